The summed E-state index contributed by atoms with van der Waals surface area (Å²) in [6, 6.07) is 0.209. The normalized spacial score (nSPS) is 25.2. The maximum Gasteiger partial charge on any atom is 0.257 e. The second-order valence-electron chi connectivity index (χ2n) is 4.15. The molecule has 98 valence electrons. The SMILES string of the molecule is Cl.NC1CCC(NS(=O)(=O)c2cnc[nH]2)CC1. The summed E-state index contributed by atoms with van der Waals surface area (Å²) >= 11 is 0. The van der Waals surface area contributed by atoms with Crippen molar-refractivity contribution in [3.8, 4) is 0 Å². The average molecular weight is 281 g/mol. The van der Waals surface area contributed by atoms with Gasteiger partial charge in [-0.15, -0.1) is 12.4 Å². The third-order valence-electron chi connectivity index (χ3n) is 2.86. The molecule has 1 aliphatic carbocycles. The molecular weight excluding hydrogens is 264 g/mol. The molecule has 1 saturated carbocycles. The minimum Gasteiger partial charge on any atom is -0.335 e. The largest absolute Gasteiger partial charge is 0.335 e. The predicted molar refractivity (Wildman–Crippen MR) is 66.4 cm³/mol. The van der Waals surface area contributed by atoms with Crippen LogP contribution in [0.25, 0.3) is 0 Å². The highest BCUT2D eigenvalue weighted by Crippen LogP contribution is 2.18. The maximum absolute atomic E-state index is 11.8. The number of nitrogens with two attached hydrogens (primary N) is 1. The van der Waals surface area contributed by atoms with Gasteiger partial charge in [0.2, 0.25) is 0 Å². The molecule has 2 rings (SSSR count). The van der Waals surface area contributed by atoms with Gasteiger partial charge in [0, 0.05) is 12.1 Å². The Morgan fingerprint density at radius 2 is 2.00 bits per heavy atom. The number of aromatic amines is 1. The van der Waals surface area contributed by atoms with Crippen molar-refractivity contribution in [1.29, 1.82) is 0 Å². The summed E-state index contributed by atoms with van der Waals surface area (Å²) in [6.45, 7) is 0. The van der Waals surface area contributed by atoms with E-state index in [1.54, 1.807) is 0 Å². The van der Waals surface area contributed by atoms with Crippen LogP contribution in [0.3, 0.4) is 0 Å². The van der Waals surface area contributed by atoms with Crippen molar-refractivity contribution < 1.29 is 8.42 Å². The summed E-state index contributed by atoms with van der Waals surface area (Å²) in [5.74, 6) is 0. The first kappa shape index (κ1) is 14.4. The minimum atomic E-state index is -3.44. The van der Waals surface area contributed by atoms with Gasteiger partial charge in [0.15, 0.2) is 5.03 Å². The fourth-order valence-corrected chi connectivity index (χ4v) is 3.12. The van der Waals surface area contributed by atoms with Crippen molar-refractivity contribution in [2.75, 3.05) is 0 Å². The standard InChI is InChI=1S/C9H16N4O2S.ClH/c10-7-1-3-8(4-2-7)13-16(14,15)9-5-11-6-12-9;/h5-8,13H,1-4,10H2,(H,11,12);1H. The lowest BCUT2D eigenvalue weighted by atomic mass is 9.93. The average Bonchev–Trinajstić information content (AvgIpc) is 2.75. The summed E-state index contributed by atoms with van der Waals surface area (Å²) in [6.07, 6.45) is 6.00. The molecule has 6 nitrogen and oxygen atoms in total. The van der Waals surface area contributed by atoms with E-state index in [9.17, 15) is 8.42 Å². The Kier molecular flexibility index (Phi) is 4.93. The van der Waals surface area contributed by atoms with Crippen LogP contribution in [0.5, 0.6) is 0 Å². The molecule has 0 saturated heterocycles. The van der Waals surface area contributed by atoms with Crippen LogP contribution in [0.4, 0.5) is 0 Å². The van der Waals surface area contributed by atoms with Gasteiger partial charge in [0.25, 0.3) is 10.0 Å². The molecule has 1 aromatic rings. The lowest BCUT2D eigenvalue weighted by Gasteiger charge is -2.26. The first-order chi connectivity index (χ1) is 7.58. The van der Waals surface area contributed by atoms with E-state index in [2.05, 4.69) is 14.7 Å². The van der Waals surface area contributed by atoms with Crippen molar-refractivity contribution >= 4 is 22.4 Å². The molecule has 0 amide bonds. The zero-order valence-electron chi connectivity index (χ0n) is 9.30. The number of nitrogens with one attached hydrogen (secondary N) is 2. The predicted octanol–water partition coefficient (Wildman–Crippen LogP) is 0.380. The first-order valence-corrected chi connectivity index (χ1v) is 6.82. The number of sulfonamides is 1. The molecule has 0 bridgehead atoms. The number of halogens is 1. The van der Waals surface area contributed by atoms with Crippen molar-refractivity contribution in [1.82, 2.24) is 14.7 Å². The summed E-state index contributed by atoms with van der Waals surface area (Å²) in [4.78, 5) is 6.29. The fraction of sp³-hybridized carbons (Fsp3) is 0.667. The van der Waals surface area contributed by atoms with Crippen LogP contribution < -0.4 is 10.5 Å². The third kappa shape index (κ3) is 3.67. The molecule has 1 aromatic heterocycles. The van der Waals surface area contributed by atoms with E-state index in [4.69, 9.17) is 5.73 Å². The molecule has 1 fully saturated rings. The molecule has 0 radical (unpaired) electrons. The highest BCUT2D eigenvalue weighted by Gasteiger charge is 2.24. The van der Waals surface area contributed by atoms with Gasteiger partial charge in [0.05, 0.1) is 12.5 Å². The number of rotatable bonds is 3. The van der Waals surface area contributed by atoms with Crippen LogP contribution in [0.2, 0.25) is 0 Å². The van der Waals surface area contributed by atoms with Crippen molar-refractivity contribution in [2.45, 2.75) is 42.8 Å². The van der Waals surface area contributed by atoms with E-state index in [1.165, 1.54) is 12.5 Å². The van der Waals surface area contributed by atoms with E-state index in [0.717, 1.165) is 25.7 Å². The van der Waals surface area contributed by atoms with E-state index >= 15 is 0 Å². The maximum atomic E-state index is 11.8. The van der Waals surface area contributed by atoms with Crippen LogP contribution in [0, 0.1) is 0 Å². The van der Waals surface area contributed by atoms with E-state index in [-0.39, 0.29) is 29.5 Å². The second-order valence-corrected chi connectivity index (χ2v) is 5.83. The van der Waals surface area contributed by atoms with Crippen molar-refractivity contribution in [3.05, 3.63) is 12.5 Å². The quantitative estimate of drug-likeness (QED) is 0.745. The second kappa shape index (κ2) is 5.81. The van der Waals surface area contributed by atoms with Gasteiger partial charge >= 0.3 is 0 Å². The summed E-state index contributed by atoms with van der Waals surface area (Å²) in [5.41, 5.74) is 5.76. The van der Waals surface area contributed by atoms with Crippen molar-refractivity contribution in [2.24, 2.45) is 5.73 Å². The molecule has 0 unspecified atom stereocenters. The summed E-state index contributed by atoms with van der Waals surface area (Å²) in [7, 11) is -3.44. The van der Waals surface area contributed by atoms with Gasteiger partial charge < -0.3 is 10.7 Å². The highest BCUT2D eigenvalue weighted by molar-refractivity contribution is 7.89. The lowest BCUT2D eigenvalue weighted by Crippen LogP contribution is -2.40. The Balaban J connectivity index is 0.00000144. The van der Waals surface area contributed by atoms with Gasteiger partial charge in [-0.3, -0.25) is 0 Å². The van der Waals surface area contributed by atoms with Gasteiger partial charge in [-0.05, 0) is 25.7 Å². The van der Waals surface area contributed by atoms with Crippen LogP contribution in [0.1, 0.15) is 25.7 Å². The zero-order chi connectivity index (χ0) is 11.6. The van der Waals surface area contributed by atoms with Crippen LogP contribution in [0.15, 0.2) is 17.6 Å². The molecule has 0 aromatic carbocycles. The number of hydrogen-bond acceptors (Lipinski definition) is 4. The molecule has 17 heavy (non-hydrogen) atoms. The smallest absolute Gasteiger partial charge is 0.257 e. The Morgan fingerprint density at radius 3 is 2.53 bits per heavy atom. The topological polar surface area (TPSA) is 101 Å². The zero-order valence-corrected chi connectivity index (χ0v) is 10.9. The monoisotopic (exact) mass is 280 g/mol. The molecule has 0 atom stereocenters. The molecule has 4 N–H and O–H groups in total. The van der Waals surface area contributed by atoms with Gasteiger partial charge in [0.1, 0.15) is 0 Å². The Labute approximate surface area is 107 Å². The first-order valence-electron chi connectivity index (χ1n) is 5.34. The van der Waals surface area contributed by atoms with E-state index in [0.29, 0.717) is 0 Å². The third-order valence-corrected chi connectivity index (χ3v) is 4.30. The minimum absolute atomic E-state index is 0. The highest BCUT2D eigenvalue weighted by atomic mass is 35.5. The van der Waals surface area contributed by atoms with Crippen LogP contribution in [-0.2, 0) is 10.0 Å². The fourth-order valence-electron chi connectivity index (χ4n) is 1.91. The molecule has 1 aliphatic rings. The lowest BCUT2D eigenvalue weighted by molar-refractivity contribution is 0.373. The summed E-state index contributed by atoms with van der Waals surface area (Å²) in [5, 5.41) is 0.113. The molecule has 0 spiro atoms. The van der Waals surface area contributed by atoms with E-state index in [1.807, 2.05) is 0 Å². The molecule has 1 heterocycles. The van der Waals surface area contributed by atoms with Crippen LogP contribution >= 0.6 is 12.4 Å². The number of hydrogen-bond donors (Lipinski definition) is 3. The number of imidazole rings is 1. The van der Waals surface area contributed by atoms with Gasteiger partial charge in [-0.2, -0.15) is 0 Å². The number of aromatic nitrogens is 2. The van der Waals surface area contributed by atoms with Crippen molar-refractivity contribution in [3.63, 3.8) is 0 Å². The van der Waals surface area contributed by atoms with Gasteiger partial charge in [-0.1, -0.05) is 0 Å². The number of H-pyrrole nitrogens is 1. The summed E-state index contributed by atoms with van der Waals surface area (Å²) < 4.78 is 26.3. The molecule has 0 aliphatic heterocycles. The Morgan fingerprint density at radius 1 is 1.35 bits per heavy atom. The van der Waals surface area contributed by atoms with Crippen LogP contribution in [-0.4, -0.2) is 30.5 Å². The molecular formula is C9H17ClN4O2S. The Bertz CT molecular complexity index is 426. The van der Waals surface area contributed by atoms with E-state index < -0.39 is 10.0 Å². The van der Waals surface area contributed by atoms with Gasteiger partial charge in [-0.25, -0.2) is 18.1 Å². The molecule has 8 heteroatoms. The number of nitrogens with zero attached hydrogens (tertiary/aromatic N) is 1. The Hall–Kier alpha value is -0.630.